The van der Waals surface area contributed by atoms with Gasteiger partial charge in [0.1, 0.15) is 5.60 Å². The lowest BCUT2D eigenvalue weighted by atomic mass is 9.97. The summed E-state index contributed by atoms with van der Waals surface area (Å²) in [5.41, 5.74) is -0.171. The van der Waals surface area contributed by atoms with Crippen LogP contribution < -0.4 is 10.1 Å². The van der Waals surface area contributed by atoms with E-state index < -0.39 is 5.60 Å². The maximum Gasteiger partial charge on any atom is 0.256 e. The maximum atomic E-state index is 12.4. The predicted octanol–water partition coefficient (Wildman–Crippen LogP) is 3.40. The number of aromatic nitrogens is 1. The van der Waals surface area contributed by atoms with Crippen molar-refractivity contribution in [1.29, 1.82) is 0 Å². The van der Waals surface area contributed by atoms with Crippen molar-refractivity contribution in [3.8, 4) is 5.88 Å². The standard InChI is InChI=1S/C16H26N2O3/c1-5-7-8-11-16(3,20-4)15(19)18-13-9-10-14(17-12-13)21-6-2/h9-10,12H,5-8,11H2,1-4H3,(H,18,19)/t16-/m1/s1. The number of carbonyl (C=O) groups excluding carboxylic acids is 1. The van der Waals surface area contributed by atoms with Crippen molar-refractivity contribution in [1.82, 2.24) is 4.98 Å². The average molecular weight is 294 g/mol. The number of hydrogen-bond acceptors (Lipinski definition) is 4. The molecule has 0 spiro atoms. The second kappa shape index (κ2) is 8.62. The summed E-state index contributed by atoms with van der Waals surface area (Å²) in [6.07, 6.45) is 5.47. The monoisotopic (exact) mass is 294 g/mol. The van der Waals surface area contributed by atoms with Crippen LogP contribution in [-0.2, 0) is 9.53 Å². The van der Waals surface area contributed by atoms with Gasteiger partial charge in [-0.1, -0.05) is 26.2 Å². The van der Waals surface area contributed by atoms with Gasteiger partial charge < -0.3 is 14.8 Å². The Morgan fingerprint density at radius 2 is 2.10 bits per heavy atom. The van der Waals surface area contributed by atoms with Crippen molar-refractivity contribution in [3.63, 3.8) is 0 Å². The van der Waals surface area contributed by atoms with Crippen LogP contribution in [0.15, 0.2) is 18.3 Å². The Balaban J connectivity index is 2.64. The molecule has 0 radical (unpaired) electrons. The molecule has 1 N–H and O–H groups in total. The second-order valence-electron chi connectivity index (χ2n) is 5.16. The third-order valence-electron chi connectivity index (χ3n) is 3.47. The first-order valence-electron chi connectivity index (χ1n) is 7.51. The smallest absolute Gasteiger partial charge is 0.256 e. The van der Waals surface area contributed by atoms with Gasteiger partial charge in [-0.3, -0.25) is 4.79 Å². The van der Waals surface area contributed by atoms with E-state index in [1.54, 1.807) is 25.4 Å². The fourth-order valence-electron chi connectivity index (χ4n) is 1.97. The highest BCUT2D eigenvalue weighted by Crippen LogP contribution is 2.21. The van der Waals surface area contributed by atoms with Crippen molar-refractivity contribution >= 4 is 11.6 Å². The zero-order valence-electron chi connectivity index (χ0n) is 13.4. The lowest BCUT2D eigenvalue weighted by Crippen LogP contribution is -2.42. The van der Waals surface area contributed by atoms with E-state index in [9.17, 15) is 4.79 Å². The molecule has 21 heavy (non-hydrogen) atoms. The average Bonchev–Trinajstić information content (AvgIpc) is 2.49. The van der Waals surface area contributed by atoms with Crippen LogP contribution in [0.4, 0.5) is 5.69 Å². The normalized spacial score (nSPS) is 13.5. The van der Waals surface area contributed by atoms with Crippen molar-refractivity contribution in [3.05, 3.63) is 18.3 Å². The number of nitrogens with one attached hydrogen (secondary N) is 1. The molecule has 1 amide bonds. The van der Waals surface area contributed by atoms with Crippen LogP contribution >= 0.6 is 0 Å². The first-order chi connectivity index (χ1) is 10.1. The zero-order chi connectivity index (χ0) is 15.7. The van der Waals surface area contributed by atoms with Crippen molar-refractivity contribution in [2.75, 3.05) is 19.0 Å². The minimum atomic E-state index is -0.812. The Kier molecular flexibility index (Phi) is 7.15. The fourth-order valence-corrected chi connectivity index (χ4v) is 1.97. The Bertz CT molecular complexity index is 434. The van der Waals surface area contributed by atoms with E-state index in [0.717, 1.165) is 19.3 Å². The second-order valence-corrected chi connectivity index (χ2v) is 5.16. The Morgan fingerprint density at radius 3 is 2.62 bits per heavy atom. The van der Waals surface area contributed by atoms with E-state index in [1.807, 2.05) is 13.8 Å². The van der Waals surface area contributed by atoms with Crippen LogP contribution in [0.2, 0.25) is 0 Å². The number of nitrogens with zero attached hydrogens (tertiary/aromatic N) is 1. The zero-order valence-corrected chi connectivity index (χ0v) is 13.4. The highest BCUT2D eigenvalue weighted by molar-refractivity contribution is 5.96. The van der Waals surface area contributed by atoms with Crippen LogP contribution in [0.1, 0.15) is 46.5 Å². The number of amides is 1. The van der Waals surface area contributed by atoms with Crippen LogP contribution in [0.3, 0.4) is 0 Å². The van der Waals surface area contributed by atoms with Gasteiger partial charge >= 0.3 is 0 Å². The highest BCUT2D eigenvalue weighted by Gasteiger charge is 2.32. The number of unbranched alkanes of at least 4 members (excludes halogenated alkanes) is 2. The van der Waals surface area contributed by atoms with Crippen molar-refractivity contribution in [2.24, 2.45) is 0 Å². The van der Waals surface area contributed by atoms with Gasteiger partial charge in [0, 0.05) is 13.2 Å². The number of pyridine rings is 1. The SMILES string of the molecule is CCCCC[C@@](C)(OC)C(=O)Nc1ccc(OCC)nc1. The topological polar surface area (TPSA) is 60.5 Å². The molecule has 0 aliphatic heterocycles. The minimum Gasteiger partial charge on any atom is -0.478 e. The predicted molar refractivity (Wildman–Crippen MR) is 83.6 cm³/mol. The van der Waals surface area contributed by atoms with E-state index in [-0.39, 0.29) is 5.91 Å². The first kappa shape index (κ1) is 17.4. The van der Waals surface area contributed by atoms with Crippen LogP contribution in [0.5, 0.6) is 5.88 Å². The number of methoxy groups -OCH3 is 1. The molecule has 1 heterocycles. The summed E-state index contributed by atoms with van der Waals surface area (Å²) in [4.78, 5) is 16.5. The summed E-state index contributed by atoms with van der Waals surface area (Å²) in [6.45, 7) is 6.42. The molecule has 118 valence electrons. The van der Waals surface area contributed by atoms with Crippen molar-refractivity contribution in [2.45, 2.75) is 52.1 Å². The highest BCUT2D eigenvalue weighted by atomic mass is 16.5. The molecular formula is C16H26N2O3. The molecule has 1 atom stereocenters. The molecule has 0 bridgehead atoms. The van der Waals surface area contributed by atoms with E-state index in [0.29, 0.717) is 24.6 Å². The van der Waals surface area contributed by atoms with Gasteiger partial charge in [0.05, 0.1) is 18.5 Å². The molecule has 1 aromatic heterocycles. The summed E-state index contributed by atoms with van der Waals surface area (Å²) >= 11 is 0. The summed E-state index contributed by atoms with van der Waals surface area (Å²) in [5.74, 6) is 0.403. The van der Waals surface area contributed by atoms with Gasteiger partial charge in [0.25, 0.3) is 5.91 Å². The van der Waals surface area contributed by atoms with Gasteiger partial charge in [-0.2, -0.15) is 0 Å². The summed E-state index contributed by atoms with van der Waals surface area (Å²) in [6, 6.07) is 3.51. The Labute approximate surface area is 127 Å². The molecule has 0 aliphatic carbocycles. The number of carbonyl (C=O) groups is 1. The van der Waals surface area contributed by atoms with Gasteiger partial charge in [0.2, 0.25) is 5.88 Å². The van der Waals surface area contributed by atoms with Gasteiger partial charge in [-0.15, -0.1) is 0 Å². The molecule has 0 aliphatic rings. The van der Waals surface area contributed by atoms with Gasteiger partial charge in [-0.05, 0) is 26.3 Å². The van der Waals surface area contributed by atoms with E-state index in [4.69, 9.17) is 9.47 Å². The lowest BCUT2D eigenvalue weighted by molar-refractivity contribution is -0.136. The number of ether oxygens (including phenoxy) is 2. The molecule has 0 aromatic carbocycles. The largest absolute Gasteiger partial charge is 0.478 e. The van der Waals surface area contributed by atoms with Gasteiger partial charge in [0.15, 0.2) is 0 Å². The quantitative estimate of drug-likeness (QED) is 0.709. The van der Waals surface area contributed by atoms with Crippen molar-refractivity contribution < 1.29 is 14.3 Å². The van der Waals surface area contributed by atoms with Crippen LogP contribution in [0.25, 0.3) is 0 Å². The molecule has 0 unspecified atom stereocenters. The number of rotatable bonds is 9. The fraction of sp³-hybridized carbons (Fsp3) is 0.625. The number of hydrogen-bond donors (Lipinski definition) is 1. The Morgan fingerprint density at radius 1 is 1.33 bits per heavy atom. The molecule has 0 saturated carbocycles. The Hall–Kier alpha value is -1.62. The van der Waals surface area contributed by atoms with E-state index in [1.165, 1.54) is 0 Å². The van der Waals surface area contributed by atoms with E-state index >= 15 is 0 Å². The molecule has 0 fully saturated rings. The van der Waals surface area contributed by atoms with Crippen LogP contribution in [-0.4, -0.2) is 30.2 Å². The summed E-state index contributed by atoms with van der Waals surface area (Å²) < 4.78 is 10.7. The molecule has 5 heteroatoms. The van der Waals surface area contributed by atoms with E-state index in [2.05, 4.69) is 17.2 Å². The molecule has 1 rings (SSSR count). The molecular weight excluding hydrogens is 268 g/mol. The van der Waals surface area contributed by atoms with Crippen LogP contribution in [0, 0.1) is 0 Å². The lowest BCUT2D eigenvalue weighted by Gasteiger charge is -2.26. The third kappa shape index (κ3) is 5.34. The summed E-state index contributed by atoms with van der Waals surface area (Å²) in [7, 11) is 1.57. The first-order valence-corrected chi connectivity index (χ1v) is 7.51. The number of anilines is 1. The van der Waals surface area contributed by atoms with Gasteiger partial charge in [-0.25, -0.2) is 4.98 Å². The maximum absolute atomic E-state index is 12.4. The third-order valence-corrected chi connectivity index (χ3v) is 3.47. The molecule has 1 aromatic rings. The minimum absolute atomic E-state index is 0.146. The molecule has 0 saturated heterocycles. The summed E-state index contributed by atoms with van der Waals surface area (Å²) in [5, 5.41) is 2.85. The molecule has 5 nitrogen and oxygen atoms in total.